The normalized spacial score (nSPS) is 18.6. The molecule has 0 aromatic carbocycles. The summed E-state index contributed by atoms with van der Waals surface area (Å²) in [5.41, 5.74) is 0. The van der Waals surface area contributed by atoms with Crippen molar-refractivity contribution >= 4 is 22.6 Å². The van der Waals surface area contributed by atoms with Crippen LogP contribution in [0.15, 0.2) is 0 Å². The molecule has 1 unspecified atom stereocenters. The summed E-state index contributed by atoms with van der Waals surface area (Å²) in [6.07, 6.45) is -20.6. The fourth-order valence-electron chi connectivity index (χ4n) is 0.773. The number of alkyl halides is 13. The molecule has 0 rings (SSSR count). The van der Waals surface area contributed by atoms with Crippen LogP contribution in [0.25, 0.3) is 0 Å². The largest absolute Gasteiger partial charge is 0.472 e. The average Bonchev–Trinajstić information content (AvgIpc) is 1.92. The standard InChI is InChI=1S/C5F12IN/c6-1(18,2(7,8)9)3(10,11)19(4(12,13)14)5(15,16)17. The van der Waals surface area contributed by atoms with Gasteiger partial charge in [-0.05, 0) is 22.6 Å². The minimum atomic E-state index is -6.98. The predicted octanol–water partition coefficient (Wildman–Crippen LogP) is 4.58. The van der Waals surface area contributed by atoms with Gasteiger partial charge in [0, 0.05) is 0 Å². The second-order valence-electron chi connectivity index (χ2n) is 2.88. The molecule has 0 saturated heterocycles. The summed E-state index contributed by atoms with van der Waals surface area (Å²) in [6, 6.07) is -6.96. The summed E-state index contributed by atoms with van der Waals surface area (Å²) < 4.78 is 139. The molecule has 0 fully saturated rings. The Bertz CT molecular complexity index is 308. The fourth-order valence-corrected chi connectivity index (χ4v) is 1.01. The van der Waals surface area contributed by atoms with Crippen molar-refractivity contribution in [3.05, 3.63) is 0 Å². The van der Waals surface area contributed by atoms with Crippen LogP contribution in [-0.2, 0) is 0 Å². The molecule has 0 aromatic rings. The van der Waals surface area contributed by atoms with Crippen LogP contribution in [0.3, 0.4) is 0 Å². The molecule has 0 heterocycles. The Morgan fingerprint density at radius 1 is 0.579 bits per heavy atom. The van der Waals surface area contributed by atoms with Crippen molar-refractivity contribution in [3.63, 3.8) is 0 Å². The van der Waals surface area contributed by atoms with Gasteiger partial charge in [-0.2, -0.15) is 48.3 Å². The van der Waals surface area contributed by atoms with E-state index in [2.05, 4.69) is 0 Å². The lowest BCUT2D eigenvalue weighted by molar-refractivity contribution is -0.461. The van der Waals surface area contributed by atoms with Gasteiger partial charge >= 0.3 is 28.5 Å². The molecule has 1 atom stereocenters. The highest BCUT2D eigenvalue weighted by atomic mass is 127. The smallest absolute Gasteiger partial charge is 0.214 e. The van der Waals surface area contributed by atoms with Crippen LogP contribution >= 0.6 is 22.6 Å². The summed E-state index contributed by atoms with van der Waals surface area (Å²) in [4.78, 5) is -3.74. The minimum Gasteiger partial charge on any atom is -0.214 e. The van der Waals surface area contributed by atoms with Crippen LogP contribution in [0.5, 0.6) is 0 Å². The Morgan fingerprint density at radius 3 is 1.00 bits per heavy atom. The summed E-state index contributed by atoms with van der Waals surface area (Å²) in [6.45, 7) is 0. The molecule has 0 N–H and O–H groups in total. The molecule has 1 nitrogen and oxygen atoms in total. The van der Waals surface area contributed by atoms with E-state index in [0.717, 1.165) is 0 Å². The van der Waals surface area contributed by atoms with Gasteiger partial charge in [0.05, 0.1) is 0 Å². The van der Waals surface area contributed by atoms with Crippen LogP contribution in [0.1, 0.15) is 0 Å². The highest BCUT2D eigenvalue weighted by Gasteiger charge is 2.80. The molecule has 0 saturated carbocycles. The summed E-state index contributed by atoms with van der Waals surface area (Å²) in [7, 11) is 0. The Hall–Kier alpha value is -0.150. The molecule has 19 heavy (non-hydrogen) atoms. The lowest BCUT2D eigenvalue weighted by atomic mass is 10.3. The van der Waals surface area contributed by atoms with E-state index in [1.54, 1.807) is 0 Å². The molecule has 0 amide bonds. The average molecular weight is 429 g/mol. The van der Waals surface area contributed by atoms with Gasteiger partial charge in [0.2, 0.25) is 0 Å². The van der Waals surface area contributed by atoms with Crippen molar-refractivity contribution in [1.82, 2.24) is 4.90 Å². The maximum absolute atomic E-state index is 12.8. The number of hydrogen-bond acceptors (Lipinski definition) is 1. The first kappa shape index (κ1) is 18.9. The van der Waals surface area contributed by atoms with E-state index in [0.29, 0.717) is 0 Å². The third kappa shape index (κ3) is 3.49. The third-order valence-corrected chi connectivity index (χ3v) is 2.78. The molecule has 0 spiro atoms. The monoisotopic (exact) mass is 429 g/mol. The van der Waals surface area contributed by atoms with E-state index >= 15 is 0 Å². The molecular formula is C5F12IN. The molecule has 0 bridgehead atoms. The van der Waals surface area contributed by atoms with Crippen LogP contribution in [0, 0.1) is 0 Å². The number of halogens is 13. The highest BCUT2D eigenvalue weighted by molar-refractivity contribution is 14.1. The van der Waals surface area contributed by atoms with Crippen LogP contribution in [0.4, 0.5) is 52.7 Å². The number of rotatable bonds is 2. The molecule has 0 aliphatic heterocycles. The Morgan fingerprint density at radius 2 is 0.842 bits per heavy atom. The number of hydrogen-bond donors (Lipinski definition) is 0. The lowest BCUT2D eigenvalue weighted by Crippen LogP contribution is -2.67. The second-order valence-corrected chi connectivity index (χ2v) is 4.37. The number of nitrogens with zero attached hydrogens (tertiary/aromatic N) is 1. The van der Waals surface area contributed by atoms with E-state index in [-0.39, 0.29) is 0 Å². The molecule has 14 heteroatoms. The van der Waals surface area contributed by atoms with Crippen molar-refractivity contribution in [1.29, 1.82) is 0 Å². The lowest BCUT2D eigenvalue weighted by Gasteiger charge is -2.39. The molecular weight excluding hydrogens is 429 g/mol. The maximum atomic E-state index is 12.8. The zero-order valence-corrected chi connectivity index (χ0v) is 10.0. The van der Waals surface area contributed by atoms with Gasteiger partial charge in [-0.25, -0.2) is 4.39 Å². The summed E-state index contributed by atoms with van der Waals surface area (Å²) >= 11 is -0.863. The summed E-state index contributed by atoms with van der Waals surface area (Å²) in [5.74, 6) is 0. The van der Waals surface area contributed by atoms with Crippen LogP contribution < -0.4 is 0 Å². The first-order valence-corrected chi connectivity index (χ1v) is 4.71. The first-order valence-electron chi connectivity index (χ1n) is 3.63. The van der Waals surface area contributed by atoms with Crippen LogP contribution in [0.2, 0.25) is 0 Å². The first-order chi connectivity index (χ1) is 7.87. The van der Waals surface area contributed by atoms with Crippen molar-refractivity contribution in [2.45, 2.75) is 28.5 Å². The quantitative estimate of drug-likeness (QED) is 0.269. The molecule has 0 aromatic heterocycles. The van der Waals surface area contributed by atoms with Crippen molar-refractivity contribution in [2.75, 3.05) is 0 Å². The van der Waals surface area contributed by atoms with Gasteiger partial charge in [0.15, 0.2) is 0 Å². The topological polar surface area (TPSA) is 3.24 Å². The Balaban J connectivity index is 5.97. The molecule has 0 aliphatic rings. The van der Waals surface area contributed by atoms with Gasteiger partial charge in [0.1, 0.15) is 0 Å². The van der Waals surface area contributed by atoms with Crippen molar-refractivity contribution in [3.8, 4) is 0 Å². The van der Waals surface area contributed by atoms with E-state index in [1.165, 1.54) is 0 Å². The fraction of sp³-hybridized carbons (Fsp3) is 1.00. The van der Waals surface area contributed by atoms with E-state index in [4.69, 9.17) is 0 Å². The van der Waals surface area contributed by atoms with Crippen LogP contribution in [-0.4, -0.2) is 33.4 Å². The van der Waals surface area contributed by atoms with Gasteiger partial charge in [-0.1, -0.05) is 4.90 Å². The van der Waals surface area contributed by atoms with Gasteiger partial charge in [-0.15, -0.1) is 0 Å². The van der Waals surface area contributed by atoms with E-state index < -0.39 is 56.0 Å². The minimum absolute atomic E-state index is 0.863. The van der Waals surface area contributed by atoms with Gasteiger partial charge < -0.3 is 0 Å². The van der Waals surface area contributed by atoms with Gasteiger partial charge in [0.25, 0.3) is 0 Å². The Labute approximate surface area is 109 Å². The third-order valence-electron chi connectivity index (χ3n) is 1.52. The Kier molecular flexibility index (Phi) is 4.66. The van der Waals surface area contributed by atoms with E-state index in [9.17, 15) is 52.7 Å². The van der Waals surface area contributed by atoms with Crippen molar-refractivity contribution in [2.24, 2.45) is 0 Å². The highest BCUT2D eigenvalue weighted by Crippen LogP contribution is 2.56. The summed E-state index contributed by atoms with van der Waals surface area (Å²) in [5, 5.41) is 0. The second kappa shape index (κ2) is 4.70. The molecule has 0 radical (unpaired) electrons. The van der Waals surface area contributed by atoms with Gasteiger partial charge in [-0.3, -0.25) is 0 Å². The molecule has 116 valence electrons. The zero-order chi connectivity index (χ0) is 16.1. The van der Waals surface area contributed by atoms with Crippen molar-refractivity contribution < 1.29 is 52.7 Å². The SMILES string of the molecule is FC(F)(F)N(C(F)(F)F)C(F)(F)C(F)(I)C(F)(F)F. The van der Waals surface area contributed by atoms with E-state index in [1.807, 2.05) is 0 Å². The zero-order valence-electron chi connectivity index (χ0n) is 7.86. The molecule has 0 aliphatic carbocycles. The predicted molar refractivity (Wildman–Crippen MR) is 42.8 cm³/mol. The maximum Gasteiger partial charge on any atom is 0.472 e.